The van der Waals surface area contributed by atoms with E-state index in [0.717, 1.165) is 68.3 Å². The van der Waals surface area contributed by atoms with Gasteiger partial charge < -0.3 is 9.47 Å². The second-order valence-electron chi connectivity index (χ2n) is 7.26. The molecule has 4 nitrogen and oxygen atoms in total. The number of nitrogens with zero attached hydrogens (tertiary/aromatic N) is 2. The van der Waals surface area contributed by atoms with E-state index in [4.69, 9.17) is 14.5 Å². The summed E-state index contributed by atoms with van der Waals surface area (Å²) in [6.07, 6.45) is 4.22. The highest BCUT2D eigenvalue weighted by molar-refractivity contribution is 5.41. The maximum absolute atomic E-state index is 5.59. The van der Waals surface area contributed by atoms with Crippen LogP contribution in [0.5, 0.6) is 5.75 Å². The maximum atomic E-state index is 5.59. The van der Waals surface area contributed by atoms with Crippen LogP contribution in [0.2, 0.25) is 0 Å². The second kappa shape index (κ2) is 9.15. The summed E-state index contributed by atoms with van der Waals surface area (Å²) in [6, 6.07) is 10.7. The van der Waals surface area contributed by atoms with E-state index in [1.807, 2.05) is 13.1 Å². The number of aromatic nitrogens is 1. The predicted molar refractivity (Wildman–Crippen MR) is 104 cm³/mol. The number of pyridine rings is 1. The first-order valence-corrected chi connectivity index (χ1v) is 9.50. The average molecular weight is 354 g/mol. The lowest BCUT2D eigenvalue weighted by Crippen LogP contribution is -2.32. The van der Waals surface area contributed by atoms with Gasteiger partial charge in [-0.15, -0.1) is 0 Å². The van der Waals surface area contributed by atoms with Crippen molar-refractivity contribution in [1.82, 2.24) is 9.88 Å². The highest BCUT2D eigenvalue weighted by atomic mass is 16.5. The molecule has 1 aromatic heterocycles. The van der Waals surface area contributed by atoms with Crippen LogP contribution < -0.4 is 4.74 Å². The van der Waals surface area contributed by atoms with E-state index >= 15 is 0 Å². The predicted octanol–water partition coefficient (Wildman–Crippen LogP) is 4.14. The van der Waals surface area contributed by atoms with Crippen LogP contribution in [0.15, 0.2) is 36.5 Å². The Bertz CT molecular complexity index is 697. The van der Waals surface area contributed by atoms with E-state index in [1.54, 1.807) is 7.11 Å². The van der Waals surface area contributed by atoms with Crippen molar-refractivity contribution in [3.05, 3.63) is 58.9 Å². The third kappa shape index (κ3) is 4.83. The van der Waals surface area contributed by atoms with E-state index in [0.29, 0.717) is 5.92 Å². The van der Waals surface area contributed by atoms with Gasteiger partial charge in [-0.05, 0) is 38.2 Å². The summed E-state index contributed by atoms with van der Waals surface area (Å²) in [6.45, 7) is 8.80. The van der Waals surface area contributed by atoms with Crippen LogP contribution in [-0.4, -0.2) is 36.8 Å². The Morgan fingerprint density at radius 1 is 1.12 bits per heavy atom. The van der Waals surface area contributed by atoms with E-state index in [-0.39, 0.29) is 0 Å². The van der Waals surface area contributed by atoms with Gasteiger partial charge in [-0.3, -0.25) is 9.88 Å². The number of benzene rings is 1. The lowest BCUT2D eigenvalue weighted by Gasteiger charge is -2.30. The summed E-state index contributed by atoms with van der Waals surface area (Å²) < 4.78 is 11.1. The summed E-state index contributed by atoms with van der Waals surface area (Å²) in [5.41, 5.74) is 4.69. The van der Waals surface area contributed by atoms with E-state index in [9.17, 15) is 0 Å². The number of aryl methyl sites for hydroxylation is 1. The maximum Gasteiger partial charge on any atom is 0.128 e. The van der Waals surface area contributed by atoms with Gasteiger partial charge in [0.25, 0.3) is 0 Å². The Hall–Kier alpha value is -1.91. The summed E-state index contributed by atoms with van der Waals surface area (Å²) in [5.74, 6) is 1.65. The Morgan fingerprint density at radius 2 is 1.85 bits per heavy atom. The molecule has 0 saturated carbocycles. The van der Waals surface area contributed by atoms with Gasteiger partial charge in [0.1, 0.15) is 5.75 Å². The monoisotopic (exact) mass is 354 g/mol. The average Bonchev–Trinajstić information content (AvgIpc) is 2.66. The third-order valence-electron chi connectivity index (χ3n) is 5.23. The van der Waals surface area contributed by atoms with Crippen LogP contribution in [0, 0.1) is 19.8 Å². The standard InChI is InChI=1S/C22H30N2O2/c1-17-13-23-21(18(2)22(17)25-3)16-24(14-19-7-5-4-6-8-19)15-20-9-11-26-12-10-20/h4-8,13,20H,9-12,14-16H2,1-3H3. The molecule has 140 valence electrons. The third-order valence-corrected chi connectivity index (χ3v) is 5.23. The van der Waals surface area contributed by atoms with Gasteiger partial charge in [-0.25, -0.2) is 0 Å². The SMILES string of the molecule is COc1c(C)cnc(CN(Cc2ccccc2)CC2CCOCC2)c1C. The molecule has 0 amide bonds. The van der Waals surface area contributed by atoms with Crippen molar-refractivity contribution in [3.63, 3.8) is 0 Å². The lowest BCUT2D eigenvalue weighted by atomic mass is 9.99. The van der Waals surface area contributed by atoms with Crippen molar-refractivity contribution in [2.75, 3.05) is 26.9 Å². The van der Waals surface area contributed by atoms with E-state index in [1.165, 1.54) is 5.56 Å². The molecule has 0 radical (unpaired) electrons. The topological polar surface area (TPSA) is 34.6 Å². The number of hydrogen-bond donors (Lipinski definition) is 0. The number of methoxy groups -OCH3 is 1. The molecule has 1 aromatic carbocycles. The number of hydrogen-bond acceptors (Lipinski definition) is 4. The fourth-order valence-corrected chi connectivity index (χ4v) is 3.76. The molecule has 3 rings (SSSR count). The number of ether oxygens (including phenoxy) is 2. The molecule has 1 saturated heterocycles. The van der Waals surface area contributed by atoms with Crippen LogP contribution in [0.25, 0.3) is 0 Å². The van der Waals surface area contributed by atoms with Crippen LogP contribution >= 0.6 is 0 Å². The zero-order chi connectivity index (χ0) is 18.4. The van der Waals surface area contributed by atoms with Crippen LogP contribution in [0.4, 0.5) is 0 Å². The van der Waals surface area contributed by atoms with Crippen molar-refractivity contribution < 1.29 is 9.47 Å². The largest absolute Gasteiger partial charge is 0.496 e. The molecule has 2 aromatic rings. The van der Waals surface area contributed by atoms with Gasteiger partial charge in [0.2, 0.25) is 0 Å². The highest BCUT2D eigenvalue weighted by Crippen LogP contribution is 2.26. The zero-order valence-electron chi connectivity index (χ0n) is 16.2. The molecular formula is C22H30N2O2. The molecule has 1 aliphatic rings. The molecule has 4 heteroatoms. The molecule has 0 N–H and O–H groups in total. The Balaban J connectivity index is 1.78. The van der Waals surface area contributed by atoms with Crippen molar-refractivity contribution in [2.45, 2.75) is 39.8 Å². The Kier molecular flexibility index (Phi) is 6.64. The minimum absolute atomic E-state index is 0.695. The van der Waals surface area contributed by atoms with Gasteiger partial charge in [0.05, 0.1) is 12.8 Å². The van der Waals surface area contributed by atoms with Gasteiger partial charge >= 0.3 is 0 Å². The van der Waals surface area contributed by atoms with Crippen LogP contribution in [0.3, 0.4) is 0 Å². The minimum atomic E-state index is 0.695. The van der Waals surface area contributed by atoms with Crippen molar-refractivity contribution in [2.24, 2.45) is 5.92 Å². The highest BCUT2D eigenvalue weighted by Gasteiger charge is 2.20. The van der Waals surface area contributed by atoms with Gasteiger partial charge in [-0.1, -0.05) is 30.3 Å². The lowest BCUT2D eigenvalue weighted by molar-refractivity contribution is 0.0499. The molecular weight excluding hydrogens is 324 g/mol. The first-order valence-electron chi connectivity index (χ1n) is 9.50. The number of rotatable bonds is 7. The Labute approximate surface area is 157 Å². The molecule has 0 bridgehead atoms. The van der Waals surface area contributed by atoms with Gasteiger partial charge in [0.15, 0.2) is 0 Å². The molecule has 0 unspecified atom stereocenters. The fourth-order valence-electron chi connectivity index (χ4n) is 3.76. The molecule has 0 atom stereocenters. The summed E-state index contributed by atoms with van der Waals surface area (Å²) in [7, 11) is 1.74. The summed E-state index contributed by atoms with van der Waals surface area (Å²) in [4.78, 5) is 7.24. The molecule has 2 heterocycles. The summed E-state index contributed by atoms with van der Waals surface area (Å²) >= 11 is 0. The normalized spacial score (nSPS) is 15.4. The second-order valence-corrected chi connectivity index (χ2v) is 7.26. The smallest absolute Gasteiger partial charge is 0.128 e. The Morgan fingerprint density at radius 3 is 2.54 bits per heavy atom. The van der Waals surface area contributed by atoms with Gasteiger partial charge in [-0.2, -0.15) is 0 Å². The van der Waals surface area contributed by atoms with E-state index < -0.39 is 0 Å². The van der Waals surface area contributed by atoms with Crippen molar-refractivity contribution >= 4 is 0 Å². The fraction of sp³-hybridized carbons (Fsp3) is 0.500. The minimum Gasteiger partial charge on any atom is -0.496 e. The van der Waals surface area contributed by atoms with Crippen LogP contribution in [0.1, 0.15) is 35.2 Å². The molecule has 0 spiro atoms. The molecule has 1 fully saturated rings. The first kappa shape index (κ1) is 18.9. The van der Waals surface area contributed by atoms with Crippen molar-refractivity contribution in [3.8, 4) is 5.75 Å². The van der Waals surface area contributed by atoms with E-state index in [2.05, 4.69) is 42.2 Å². The molecule has 1 aliphatic heterocycles. The molecule has 0 aliphatic carbocycles. The first-order chi connectivity index (χ1) is 12.7. The summed E-state index contributed by atoms with van der Waals surface area (Å²) in [5, 5.41) is 0. The van der Waals surface area contributed by atoms with Crippen molar-refractivity contribution in [1.29, 1.82) is 0 Å². The molecule has 26 heavy (non-hydrogen) atoms. The zero-order valence-corrected chi connectivity index (χ0v) is 16.2. The van der Waals surface area contributed by atoms with Gasteiger partial charge in [0, 0.05) is 50.2 Å². The quantitative estimate of drug-likeness (QED) is 0.749. The van der Waals surface area contributed by atoms with Crippen LogP contribution in [-0.2, 0) is 17.8 Å².